The van der Waals surface area contributed by atoms with Gasteiger partial charge in [-0.15, -0.1) is 0 Å². The average molecular weight is 273 g/mol. The smallest absolute Gasteiger partial charge is 0.410 e. The Morgan fingerprint density at radius 3 is 2.85 bits per heavy atom. The summed E-state index contributed by atoms with van der Waals surface area (Å²) in [5, 5.41) is 0. The molecule has 0 heterocycles. The van der Waals surface area contributed by atoms with Crippen LogP contribution in [-0.2, 0) is 11.3 Å². The minimum atomic E-state index is -0.246. The van der Waals surface area contributed by atoms with Gasteiger partial charge in [0, 0.05) is 13.6 Å². The summed E-state index contributed by atoms with van der Waals surface area (Å²) in [6.45, 7) is 0.579. The van der Waals surface area contributed by atoms with E-state index in [2.05, 4.69) is 6.08 Å². The lowest BCUT2D eigenvalue weighted by molar-refractivity contribution is 0.0809. The molecule has 0 fully saturated rings. The maximum atomic E-state index is 12.1. The summed E-state index contributed by atoms with van der Waals surface area (Å²) >= 11 is 0. The molecule has 0 saturated carbocycles. The van der Waals surface area contributed by atoms with Gasteiger partial charge in [0.25, 0.3) is 0 Å². The number of amides is 1. The van der Waals surface area contributed by atoms with Gasteiger partial charge in [0.15, 0.2) is 0 Å². The molecule has 108 valence electrons. The van der Waals surface area contributed by atoms with Gasteiger partial charge < -0.3 is 9.64 Å². The van der Waals surface area contributed by atoms with Gasteiger partial charge in [0.2, 0.25) is 0 Å². The molecule has 0 bridgehead atoms. The number of carbonyl (C=O) groups excluding carboxylic acids is 1. The minimum absolute atomic E-state index is 0.0685. The van der Waals surface area contributed by atoms with Crippen molar-refractivity contribution < 1.29 is 9.53 Å². The van der Waals surface area contributed by atoms with Crippen molar-refractivity contribution >= 4 is 6.09 Å². The molecule has 1 aromatic rings. The highest BCUT2D eigenvalue weighted by Crippen LogP contribution is 2.15. The lowest BCUT2D eigenvalue weighted by atomic mass is 10.0. The Bertz CT molecular complexity index is 442. The number of allylic oxidation sites excluding steroid dienone is 1. The number of nitrogens with zero attached hydrogens (tertiary/aromatic N) is 1. The van der Waals surface area contributed by atoms with E-state index >= 15 is 0 Å². The second kappa shape index (κ2) is 7.73. The molecule has 3 nitrogen and oxygen atoms in total. The molecule has 3 heteroatoms. The normalized spacial score (nSPS) is 20.6. The Balaban J connectivity index is 1.85. The van der Waals surface area contributed by atoms with Crippen molar-refractivity contribution in [3.05, 3.63) is 48.0 Å². The summed E-state index contributed by atoms with van der Waals surface area (Å²) in [6.07, 6.45) is 9.47. The Hall–Kier alpha value is -1.77. The third-order valence-electron chi connectivity index (χ3n) is 3.54. The second-order valence-corrected chi connectivity index (χ2v) is 5.33. The molecular weight excluding hydrogens is 250 g/mol. The summed E-state index contributed by atoms with van der Waals surface area (Å²) < 4.78 is 5.56. The summed E-state index contributed by atoms with van der Waals surface area (Å²) in [5.74, 6) is 0. The van der Waals surface area contributed by atoms with Crippen molar-refractivity contribution in [2.24, 2.45) is 0 Å². The van der Waals surface area contributed by atoms with Crippen molar-refractivity contribution in [3.8, 4) is 0 Å². The maximum Gasteiger partial charge on any atom is 0.410 e. The molecule has 0 spiro atoms. The Labute approximate surface area is 121 Å². The van der Waals surface area contributed by atoms with E-state index in [0.717, 1.165) is 24.8 Å². The summed E-state index contributed by atoms with van der Waals surface area (Å²) in [5.41, 5.74) is 1.11. The number of hydrogen-bond donors (Lipinski definition) is 0. The fraction of sp³-hybridized carbons (Fsp3) is 0.471. The van der Waals surface area contributed by atoms with Crippen LogP contribution in [0, 0.1) is 0 Å². The first-order chi connectivity index (χ1) is 9.75. The predicted octanol–water partition coefficient (Wildman–Crippen LogP) is 4.14. The van der Waals surface area contributed by atoms with Crippen molar-refractivity contribution in [2.45, 2.75) is 44.8 Å². The molecule has 1 aliphatic carbocycles. The van der Waals surface area contributed by atoms with Gasteiger partial charge >= 0.3 is 6.09 Å². The van der Waals surface area contributed by atoms with Gasteiger partial charge in [-0.2, -0.15) is 0 Å². The van der Waals surface area contributed by atoms with Crippen LogP contribution in [0.25, 0.3) is 0 Å². The van der Waals surface area contributed by atoms with Crippen LogP contribution >= 0.6 is 0 Å². The van der Waals surface area contributed by atoms with Crippen LogP contribution in [0.5, 0.6) is 0 Å². The van der Waals surface area contributed by atoms with Crippen molar-refractivity contribution in [2.75, 3.05) is 7.05 Å². The van der Waals surface area contributed by atoms with E-state index in [1.54, 1.807) is 11.9 Å². The highest BCUT2D eigenvalue weighted by Gasteiger charge is 2.16. The lowest BCUT2D eigenvalue weighted by Gasteiger charge is -2.21. The van der Waals surface area contributed by atoms with E-state index in [9.17, 15) is 4.79 Å². The number of benzene rings is 1. The van der Waals surface area contributed by atoms with E-state index < -0.39 is 0 Å². The van der Waals surface area contributed by atoms with Gasteiger partial charge in [-0.3, -0.25) is 0 Å². The minimum Gasteiger partial charge on any atom is -0.442 e. The molecule has 20 heavy (non-hydrogen) atoms. The third kappa shape index (κ3) is 4.72. The maximum absolute atomic E-state index is 12.1. The molecule has 0 aromatic heterocycles. The fourth-order valence-electron chi connectivity index (χ4n) is 2.37. The van der Waals surface area contributed by atoms with Crippen LogP contribution in [0.2, 0.25) is 0 Å². The van der Waals surface area contributed by atoms with Crippen LogP contribution in [0.1, 0.15) is 37.7 Å². The Morgan fingerprint density at radius 2 is 2.05 bits per heavy atom. The monoisotopic (exact) mass is 273 g/mol. The fourth-order valence-corrected chi connectivity index (χ4v) is 2.37. The van der Waals surface area contributed by atoms with Crippen molar-refractivity contribution in [1.29, 1.82) is 0 Å². The third-order valence-corrected chi connectivity index (χ3v) is 3.54. The van der Waals surface area contributed by atoms with Crippen LogP contribution < -0.4 is 0 Å². The summed E-state index contributed by atoms with van der Waals surface area (Å²) in [4.78, 5) is 13.7. The number of hydrogen-bond acceptors (Lipinski definition) is 2. The molecule has 1 atom stereocenters. The van der Waals surface area contributed by atoms with E-state index in [-0.39, 0.29) is 12.2 Å². The van der Waals surface area contributed by atoms with Crippen LogP contribution in [-0.4, -0.2) is 24.1 Å². The summed E-state index contributed by atoms with van der Waals surface area (Å²) in [7, 11) is 1.78. The van der Waals surface area contributed by atoms with Gasteiger partial charge in [-0.1, -0.05) is 42.8 Å². The van der Waals surface area contributed by atoms with Crippen LogP contribution in [0.3, 0.4) is 0 Å². The van der Waals surface area contributed by atoms with Gasteiger partial charge in [0.05, 0.1) is 0 Å². The zero-order valence-corrected chi connectivity index (χ0v) is 12.1. The van der Waals surface area contributed by atoms with Crippen molar-refractivity contribution in [1.82, 2.24) is 4.90 Å². The quantitative estimate of drug-likeness (QED) is 0.774. The molecule has 0 N–H and O–H groups in total. The van der Waals surface area contributed by atoms with E-state index in [1.165, 1.54) is 12.8 Å². The van der Waals surface area contributed by atoms with E-state index in [0.29, 0.717) is 6.54 Å². The van der Waals surface area contributed by atoms with Crippen LogP contribution in [0.4, 0.5) is 4.79 Å². The zero-order valence-electron chi connectivity index (χ0n) is 12.1. The first-order valence-corrected chi connectivity index (χ1v) is 7.38. The first kappa shape index (κ1) is 14.6. The number of rotatable bonds is 3. The molecule has 1 amide bonds. The number of ether oxygens (including phenoxy) is 1. The average Bonchev–Trinajstić information content (AvgIpc) is 2.42. The summed E-state index contributed by atoms with van der Waals surface area (Å²) in [6, 6.07) is 9.96. The Kier molecular flexibility index (Phi) is 5.66. The molecule has 1 aliphatic rings. The van der Waals surface area contributed by atoms with Gasteiger partial charge in [0.1, 0.15) is 6.10 Å². The highest BCUT2D eigenvalue weighted by molar-refractivity contribution is 5.67. The molecule has 0 aliphatic heterocycles. The Morgan fingerprint density at radius 1 is 1.25 bits per heavy atom. The standard InChI is InChI=1S/C17H23NO2/c1-18(14-15-10-6-5-7-11-15)17(19)20-16-12-8-3-2-4-9-13-16/h5-8,10-12,16H,2-4,9,13-14H2,1H3/b12-8+. The topological polar surface area (TPSA) is 29.5 Å². The first-order valence-electron chi connectivity index (χ1n) is 7.38. The molecule has 0 radical (unpaired) electrons. The molecule has 2 rings (SSSR count). The number of carbonyl (C=O) groups is 1. The predicted molar refractivity (Wildman–Crippen MR) is 80.4 cm³/mol. The zero-order chi connectivity index (χ0) is 14.2. The molecule has 1 aromatic carbocycles. The van der Waals surface area contributed by atoms with Crippen LogP contribution in [0.15, 0.2) is 42.5 Å². The molecule has 1 unspecified atom stereocenters. The van der Waals surface area contributed by atoms with Gasteiger partial charge in [-0.05, 0) is 37.3 Å². The van der Waals surface area contributed by atoms with E-state index in [4.69, 9.17) is 4.74 Å². The van der Waals surface area contributed by atoms with Gasteiger partial charge in [-0.25, -0.2) is 4.79 Å². The van der Waals surface area contributed by atoms with E-state index in [1.807, 2.05) is 36.4 Å². The SMILES string of the molecule is CN(Cc1ccccc1)C(=O)OC1/C=C/CCCCC1. The second-order valence-electron chi connectivity index (χ2n) is 5.33. The molecule has 0 saturated heterocycles. The highest BCUT2D eigenvalue weighted by atomic mass is 16.6. The molecular formula is C17H23NO2. The van der Waals surface area contributed by atoms with Crippen molar-refractivity contribution in [3.63, 3.8) is 0 Å². The lowest BCUT2D eigenvalue weighted by Crippen LogP contribution is -2.30. The largest absolute Gasteiger partial charge is 0.442 e.